The third-order valence-corrected chi connectivity index (χ3v) is 3.36. The Morgan fingerprint density at radius 1 is 1.38 bits per heavy atom. The van der Waals surface area contributed by atoms with Gasteiger partial charge >= 0.3 is 5.97 Å². The van der Waals surface area contributed by atoms with Crippen molar-refractivity contribution in [3.8, 4) is 0 Å². The van der Waals surface area contributed by atoms with Gasteiger partial charge in [-0.1, -0.05) is 34.1 Å². The second-order valence-corrected chi connectivity index (χ2v) is 6.17. The molecule has 3 heteroatoms. The van der Waals surface area contributed by atoms with Crippen LogP contribution in [0.5, 0.6) is 0 Å². The summed E-state index contributed by atoms with van der Waals surface area (Å²) in [4.78, 5) is 11.8. The molecule has 0 aromatic heterocycles. The smallest absolute Gasteiger partial charge is 0.323 e. The van der Waals surface area contributed by atoms with Gasteiger partial charge in [0, 0.05) is 0 Å². The molecule has 0 radical (unpaired) electrons. The number of carbonyl (C=O) groups is 1. The van der Waals surface area contributed by atoms with Crippen LogP contribution in [0.15, 0.2) is 0 Å². The first-order valence-corrected chi connectivity index (χ1v) is 6.26. The van der Waals surface area contributed by atoms with Gasteiger partial charge in [-0.05, 0) is 30.6 Å². The highest BCUT2D eigenvalue weighted by molar-refractivity contribution is 5.76. The third kappa shape index (κ3) is 3.78. The van der Waals surface area contributed by atoms with Crippen molar-refractivity contribution in [2.75, 3.05) is 0 Å². The predicted octanol–water partition coefficient (Wildman–Crippen LogP) is 2.48. The van der Waals surface area contributed by atoms with Crippen molar-refractivity contribution in [1.29, 1.82) is 0 Å². The van der Waals surface area contributed by atoms with E-state index in [-0.39, 0.29) is 17.5 Å². The summed E-state index contributed by atoms with van der Waals surface area (Å²) in [5.41, 5.74) is 5.65. The van der Waals surface area contributed by atoms with Crippen molar-refractivity contribution >= 4 is 5.97 Å². The van der Waals surface area contributed by atoms with Crippen molar-refractivity contribution in [2.45, 2.75) is 65.5 Å². The zero-order valence-corrected chi connectivity index (χ0v) is 11.0. The van der Waals surface area contributed by atoms with E-state index in [2.05, 4.69) is 6.92 Å². The summed E-state index contributed by atoms with van der Waals surface area (Å²) >= 11 is 0. The van der Waals surface area contributed by atoms with Crippen molar-refractivity contribution < 1.29 is 9.53 Å². The summed E-state index contributed by atoms with van der Waals surface area (Å²) in [7, 11) is 0. The first-order chi connectivity index (χ1) is 7.30. The first kappa shape index (κ1) is 13.5. The van der Waals surface area contributed by atoms with Crippen LogP contribution in [0.25, 0.3) is 0 Å². The Morgan fingerprint density at radius 2 is 2.00 bits per heavy atom. The van der Waals surface area contributed by atoms with Crippen molar-refractivity contribution in [3.05, 3.63) is 0 Å². The minimum atomic E-state index is -0.523. The molecule has 2 unspecified atom stereocenters. The van der Waals surface area contributed by atoms with Crippen LogP contribution in [0.3, 0.4) is 0 Å². The van der Waals surface area contributed by atoms with Gasteiger partial charge in [0.2, 0.25) is 0 Å². The number of ether oxygens (including phenoxy) is 1. The summed E-state index contributed by atoms with van der Waals surface area (Å²) in [6, 6.07) is -0.523. The Labute approximate surface area is 98.7 Å². The SMILES string of the molecule is CC1CCCC(OC(=O)[C@H](N)C(C)(C)C)C1. The van der Waals surface area contributed by atoms with E-state index < -0.39 is 6.04 Å². The molecular formula is C13H25NO2. The van der Waals surface area contributed by atoms with Crippen LogP contribution < -0.4 is 5.73 Å². The lowest BCUT2D eigenvalue weighted by Gasteiger charge is -2.30. The van der Waals surface area contributed by atoms with Crippen LogP contribution in [0, 0.1) is 11.3 Å². The maximum Gasteiger partial charge on any atom is 0.323 e. The lowest BCUT2D eigenvalue weighted by Crippen LogP contribution is -2.45. The number of nitrogens with two attached hydrogens (primary N) is 1. The summed E-state index contributed by atoms with van der Waals surface area (Å²) in [5, 5.41) is 0. The molecule has 1 fully saturated rings. The zero-order valence-electron chi connectivity index (χ0n) is 11.0. The minimum Gasteiger partial charge on any atom is -0.461 e. The zero-order chi connectivity index (χ0) is 12.3. The lowest BCUT2D eigenvalue weighted by atomic mass is 9.86. The Kier molecular flexibility index (Phi) is 4.36. The third-order valence-electron chi connectivity index (χ3n) is 3.36. The maximum absolute atomic E-state index is 11.8. The van der Waals surface area contributed by atoms with Gasteiger partial charge in [-0.25, -0.2) is 0 Å². The van der Waals surface area contributed by atoms with E-state index >= 15 is 0 Å². The summed E-state index contributed by atoms with van der Waals surface area (Å²) in [6.45, 7) is 8.09. The van der Waals surface area contributed by atoms with Gasteiger partial charge in [0.25, 0.3) is 0 Å². The highest BCUT2D eigenvalue weighted by atomic mass is 16.5. The molecule has 3 atom stereocenters. The molecule has 16 heavy (non-hydrogen) atoms. The molecule has 0 aromatic carbocycles. The molecule has 2 N–H and O–H groups in total. The molecule has 3 nitrogen and oxygen atoms in total. The minimum absolute atomic E-state index is 0.0876. The molecule has 0 bridgehead atoms. The highest BCUT2D eigenvalue weighted by Gasteiger charge is 2.31. The van der Waals surface area contributed by atoms with Crippen molar-refractivity contribution in [3.63, 3.8) is 0 Å². The average Bonchev–Trinajstić information content (AvgIpc) is 2.15. The molecule has 0 aromatic rings. The van der Waals surface area contributed by atoms with Crippen molar-refractivity contribution in [1.82, 2.24) is 0 Å². The maximum atomic E-state index is 11.8. The topological polar surface area (TPSA) is 52.3 Å². The van der Waals surface area contributed by atoms with E-state index in [0.29, 0.717) is 5.92 Å². The fourth-order valence-corrected chi connectivity index (χ4v) is 2.08. The number of carbonyl (C=O) groups excluding carboxylic acids is 1. The van der Waals surface area contributed by atoms with Gasteiger partial charge in [0.15, 0.2) is 0 Å². The van der Waals surface area contributed by atoms with E-state index in [1.54, 1.807) is 0 Å². The highest BCUT2D eigenvalue weighted by Crippen LogP contribution is 2.27. The fourth-order valence-electron chi connectivity index (χ4n) is 2.08. The van der Waals surface area contributed by atoms with Crippen LogP contribution in [0.4, 0.5) is 0 Å². The summed E-state index contributed by atoms with van der Waals surface area (Å²) < 4.78 is 5.49. The van der Waals surface area contributed by atoms with Gasteiger partial charge < -0.3 is 10.5 Å². The van der Waals surface area contributed by atoms with Crippen LogP contribution in [-0.4, -0.2) is 18.1 Å². The van der Waals surface area contributed by atoms with E-state index in [1.807, 2.05) is 20.8 Å². The molecule has 0 saturated heterocycles. The predicted molar refractivity (Wildman–Crippen MR) is 64.9 cm³/mol. The van der Waals surface area contributed by atoms with Crippen LogP contribution in [0.2, 0.25) is 0 Å². The van der Waals surface area contributed by atoms with Gasteiger partial charge in [-0.3, -0.25) is 4.79 Å². The Morgan fingerprint density at radius 3 is 2.50 bits per heavy atom. The molecule has 1 saturated carbocycles. The van der Waals surface area contributed by atoms with Gasteiger partial charge in [0.1, 0.15) is 12.1 Å². The molecule has 1 aliphatic carbocycles. The Balaban J connectivity index is 2.45. The van der Waals surface area contributed by atoms with Crippen LogP contribution in [-0.2, 0) is 9.53 Å². The molecule has 1 aliphatic rings. The van der Waals surface area contributed by atoms with Crippen LogP contribution >= 0.6 is 0 Å². The quantitative estimate of drug-likeness (QED) is 0.737. The number of esters is 1. The molecule has 0 amide bonds. The Bertz CT molecular complexity index is 245. The normalized spacial score (nSPS) is 28.6. The lowest BCUT2D eigenvalue weighted by molar-refractivity contribution is -0.155. The molecule has 0 aliphatic heterocycles. The Hall–Kier alpha value is -0.570. The molecule has 0 spiro atoms. The summed E-state index contributed by atoms with van der Waals surface area (Å²) in [5.74, 6) is 0.420. The second-order valence-electron chi connectivity index (χ2n) is 6.17. The molecule has 94 valence electrons. The monoisotopic (exact) mass is 227 g/mol. The van der Waals surface area contributed by atoms with E-state index in [4.69, 9.17) is 10.5 Å². The fraction of sp³-hybridized carbons (Fsp3) is 0.923. The summed E-state index contributed by atoms with van der Waals surface area (Å²) in [6.07, 6.45) is 4.48. The van der Waals surface area contributed by atoms with Crippen molar-refractivity contribution in [2.24, 2.45) is 17.1 Å². The average molecular weight is 227 g/mol. The van der Waals surface area contributed by atoms with Gasteiger partial charge in [0.05, 0.1) is 0 Å². The second kappa shape index (κ2) is 5.17. The molecule has 1 rings (SSSR count). The number of hydrogen-bond donors (Lipinski definition) is 1. The van der Waals surface area contributed by atoms with E-state index in [9.17, 15) is 4.79 Å². The number of rotatable bonds is 2. The molecular weight excluding hydrogens is 202 g/mol. The van der Waals surface area contributed by atoms with Gasteiger partial charge in [-0.2, -0.15) is 0 Å². The first-order valence-electron chi connectivity index (χ1n) is 6.26. The van der Waals surface area contributed by atoms with Crippen LogP contribution in [0.1, 0.15) is 53.4 Å². The number of hydrogen-bond acceptors (Lipinski definition) is 3. The van der Waals surface area contributed by atoms with E-state index in [0.717, 1.165) is 19.3 Å². The largest absolute Gasteiger partial charge is 0.461 e. The standard InChI is InChI=1S/C13H25NO2/c1-9-6-5-7-10(8-9)16-12(15)11(14)13(2,3)4/h9-11H,5-8,14H2,1-4H3/t9?,10?,11-/m0/s1. The molecule has 0 heterocycles. The van der Waals surface area contributed by atoms with Gasteiger partial charge in [-0.15, -0.1) is 0 Å². The van der Waals surface area contributed by atoms with E-state index in [1.165, 1.54) is 6.42 Å².